The van der Waals surface area contributed by atoms with Crippen LogP contribution in [0, 0.1) is 12.8 Å². The molecule has 1 aliphatic carbocycles. The Morgan fingerprint density at radius 3 is 2.91 bits per heavy atom. The van der Waals surface area contributed by atoms with Crippen LogP contribution >= 0.6 is 35.8 Å². The van der Waals surface area contributed by atoms with E-state index in [1.54, 1.807) is 18.9 Å². The van der Waals surface area contributed by atoms with E-state index >= 15 is 0 Å². The molecule has 2 unspecified atom stereocenters. The van der Waals surface area contributed by atoms with Gasteiger partial charge in [0.2, 0.25) is 5.82 Å². The Labute approximate surface area is 203 Å². The van der Waals surface area contributed by atoms with Crippen molar-refractivity contribution in [2.24, 2.45) is 13.0 Å². The van der Waals surface area contributed by atoms with Crippen molar-refractivity contribution in [3.8, 4) is 17.3 Å². The van der Waals surface area contributed by atoms with E-state index in [0.29, 0.717) is 10.8 Å². The molecule has 0 bridgehead atoms. The molecule has 1 aromatic carbocycles. The van der Waals surface area contributed by atoms with E-state index in [2.05, 4.69) is 32.2 Å². The topological polar surface area (TPSA) is 69.2 Å². The zero-order chi connectivity index (χ0) is 21.6. The fourth-order valence-electron chi connectivity index (χ4n) is 4.79. The summed E-state index contributed by atoms with van der Waals surface area (Å²) < 4.78 is 12.7. The highest BCUT2D eigenvalue weighted by molar-refractivity contribution is 7.99. The molecule has 2 atom stereocenters. The van der Waals surface area contributed by atoms with Gasteiger partial charge in [-0.05, 0) is 49.9 Å². The van der Waals surface area contributed by atoms with Crippen LogP contribution in [0.15, 0.2) is 34.2 Å². The maximum absolute atomic E-state index is 6.38. The summed E-state index contributed by atoms with van der Waals surface area (Å²) in [5.41, 5.74) is 2.47. The van der Waals surface area contributed by atoms with Gasteiger partial charge in [0.05, 0.1) is 17.8 Å². The average molecular weight is 496 g/mol. The maximum atomic E-state index is 6.38. The summed E-state index contributed by atoms with van der Waals surface area (Å²) in [6.45, 7) is 5.30. The molecule has 0 radical (unpaired) electrons. The second kappa shape index (κ2) is 9.25. The molecule has 0 N–H and O–H groups in total. The Morgan fingerprint density at radius 1 is 1.34 bits per heavy atom. The van der Waals surface area contributed by atoms with E-state index < -0.39 is 0 Å². The zero-order valence-corrected chi connectivity index (χ0v) is 20.8. The molecular formula is C22H27Cl2N5O2S. The van der Waals surface area contributed by atoms with Gasteiger partial charge in [0.25, 0.3) is 0 Å². The van der Waals surface area contributed by atoms with E-state index in [0.717, 1.165) is 53.6 Å². The molecule has 32 heavy (non-hydrogen) atoms. The number of aromatic nitrogens is 4. The van der Waals surface area contributed by atoms with Gasteiger partial charge in [0.15, 0.2) is 17.3 Å². The summed E-state index contributed by atoms with van der Waals surface area (Å²) in [6.07, 6.45) is 3.82. The maximum Gasteiger partial charge on any atom is 0.202 e. The minimum atomic E-state index is 0. The van der Waals surface area contributed by atoms with E-state index in [1.807, 2.05) is 24.6 Å². The highest BCUT2D eigenvalue weighted by Crippen LogP contribution is 2.59. The second-order valence-electron chi connectivity index (χ2n) is 8.48. The van der Waals surface area contributed by atoms with Gasteiger partial charge in [-0.25, -0.2) is 4.98 Å². The highest BCUT2D eigenvalue weighted by atomic mass is 35.5. The largest absolute Gasteiger partial charge is 0.495 e. The fraction of sp³-hybridized carbons (Fsp3) is 0.500. The molecule has 0 spiro atoms. The van der Waals surface area contributed by atoms with Crippen LogP contribution < -0.4 is 4.74 Å². The Kier molecular flexibility index (Phi) is 6.77. The summed E-state index contributed by atoms with van der Waals surface area (Å²) in [4.78, 5) is 6.73. The monoisotopic (exact) mass is 495 g/mol. The number of thioether (sulfide) groups is 1. The smallest absolute Gasteiger partial charge is 0.202 e. The lowest BCUT2D eigenvalue weighted by molar-refractivity contribution is 0.299. The van der Waals surface area contributed by atoms with E-state index in [1.165, 1.54) is 24.9 Å². The number of hydrogen-bond donors (Lipinski definition) is 0. The normalized spacial score (nSPS) is 21.9. The molecule has 2 fully saturated rings. The number of piperidine rings is 1. The molecule has 1 saturated heterocycles. The lowest BCUT2D eigenvalue weighted by atomic mass is 9.95. The van der Waals surface area contributed by atoms with E-state index in [4.69, 9.17) is 20.8 Å². The van der Waals surface area contributed by atoms with Crippen molar-refractivity contribution < 1.29 is 9.15 Å². The number of rotatable bonds is 8. The Balaban J connectivity index is 0.00000245. The lowest BCUT2D eigenvalue weighted by Crippen LogP contribution is -2.27. The van der Waals surface area contributed by atoms with Crippen LogP contribution in [0.25, 0.3) is 11.6 Å². The summed E-state index contributed by atoms with van der Waals surface area (Å²) in [7, 11) is 3.63. The van der Waals surface area contributed by atoms with Crippen molar-refractivity contribution in [2.45, 2.75) is 30.3 Å². The highest BCUT2D eigenvalue weighted by Gasteiger charge is 2.60. The van der Waals surface area contributed by atoms with Crippen LogP contribution in [-0.2, 0) is 12.5 Å². The fourth-order valence-corrected chi connectivity index (χ4v) is 5.88. The number of methoxy groups -OCH3 is 1. The van der Waals surface area contributed by atoms with Crippen LogP contribution in [0.3, 0.4) is 0 Å². The van der Waals surface area contributed by atoms with Gasteiger partial charge in [0, 0.05) is 31.3 Å². The minimum Gasteiger partial charge on any atom is -0.495 e. The summed E-state index contributed by atoms with van der Waals surface area (Å²) in [6, 6.07) is 6.28. The molecule has 7 nitrogen and oxygen atoms in total. The van der Waals surface area contributed by atoms with Crippen LogP contribution in [0.5, 0.6) is 5.75 Å². The SMILES string of the molecule is COc1ccc(C23CC2CN(CCCSc2nnc(-c4ocnc4C)n2C)C3)cc1Cl.Cl. The predicted octanol–water partition coefficient (Wildman–Crippen LogP) is 4.62. The predicted molar refractivity (Wildman–Crippen MR) is 128 cm³/mol. The first-order valence-corrected chi connectivity index (χ1v) is 11.9. The third kappa shape index (κ3) is 4.14. The first kappa shape index (κ1) is 23.4. The third-order valence-electron chi connectivity index (χ3n) is 6.58. The Morgan fingerprint density at radius 2 is 2.19 bits per heavy atom. The molecule has 2 aromatic heterocycles. The number of halogens is 2. The molecule has 3 heterocycles. The average Bonchev–Trinajstić information content (AvgIpc) is 3.05. The lowest BCUT2D eigenvalue weighted by Gasteiger charge is -2.21. The van der Waals surface area contributed by atoms with E-state index in [-0.39, 0.29) is 17.8 Å². The van der Waals surface area contributed by atoms with Crippen LogP contribution in [0.2, 0.25) is 5.02 Å². The van der Waals surface area contributed by atoms with Crippen LogP contribution in [0.4, 0.5) is 0 Å². The third-order valence-corrected chi connectivity index (χ3v) is 7.98. The number of fused-ring (bicyclic) bond motifs is 1. The number of nitrogens with zero attached hydrogens (tertiary/aromatic N) is 5. The molecule has 1 aliphatic heterocycles. The zero-order valence-electron chi connectivity index (χ0n) is 18.4. The van der Waals surface area contributed by atoms with Gasteiger partial charge in [0.1, 0.15) is 5.75 Å². The van der Waals surface area contributed by atoms with Crippen molar-refractivity contribution >= 4 is 35.8 Å². The standard InChI is InChI=1S/C22H26ClN5O2S.ClH/c1-14-19(30-13-24-14)20-25-26-21(27(20)2)31-8-4-7-28-11-16-10-22(16,12-28)15-5-6-18(29-3)17(23)9-15;/h5-6,9,13,16H,4,7-8,10-12H2,1-3H3;1H. The summed E-state index contributed by atoms with van der Waals surface area (Å²) >= 11 is 8.11. The van der Waals surface area contributed by atoms with E-state index in [9.17, 15) is 0 Å². The van der Waals surface area contributed by atoms with Crippen LogP contribution in [-0.4, -0.2) is 57.1 Å². The van der Waals surface area contributed by atoms with Crippen molar-refractivity contribution in [1.29, 1.82) is 0 Å². The summed E-state index contributed by atoms with van der Waals surface area (Å²) in [5, 5.41) is 10.2. The second-order valence-corrected chi connectivity index (χ2v) is 9.95. The van der Waals surface area contributed by atoms with Crippen molar-refractivity contribution in [3.63, 3.8) is 0 Å². The van der Waals surface area contributed by atoms with Gasteiger partial charge in [-0.3, -0.25) is 0 Å². The quantitative estimate of drug-likeness (QED) is 0.333. The first-order valence-electron chi connectivity index (χ1n) is 10.5. The van der Waals surface area contributed by atoms with Gasteiger partial charge in [-0.2, -0.15) is 0 Å². The Bertz CT molecular complexity index is 1100. The van der Waals surface area contributed by atoms with Crippen molar-refractivity contribution in [3.05, 3.63) is 40.9 Å². The van der Waals surface area contributed by atoms with Crippen molar-refractivity contribution in [2.75, 3.05) is 32.5 Å². The Hall–Kier alpha value is -1.74. The van der Waals surface area contributed by atoms with Gasteiger partial charge >= 0.3 is 0 Å². The van der Waals surface area contributed by atoms with Crippen LogP contribution in [0.1, 0.15) is 24.1 Å². The van der Waals surface area contributed by atoms with Gasteiger partial charge < -0.3 is 18.6 Å². The molecule has 3 aromatic rings. The first-order chi connectivity index (χ1) is 15.0. The molecule has 2 aliphatic rings. The number of benzene rings is 1. The molecular weight excluding hydrogens is 469 g/mol. The number of likely N-dealkylation sites (tertiary alicyclic amines) is 1. The molecule has 5 rings (SSSR count). The number of ether oxygens (including phenoxy) is 1. The molecule has 1 saturated carbocycles. The van der Waals surface area contributed by atoms with Crippen molar-refractivity contribution in [1.82, 2.24) is 24.6 Å². The molecule has 172 valence electrons. The molecule has 0 amide bonds. The van der Waals surface area contributed by atoms with Gasteiger partial charge in [-0.1, -0.05) is 29.4 Å². The van der Waals surface area contributed by atoms with Gasteiger partial charge in [-0.15, -0.1) is 22.6 Å². The number of oxazole rings is 1. The number of aryl methyl sites for hydroxylation is 1. The minimum absolute atomic E-state index is 0. The molecule has 10 heteroatoms. The number of hydrogen-bond acceptors (Lipinski definition) is 7. The summed E-state index contributed by atoms with van der Waals surface area (Å²) in [5.74, 6) is 3.90.